The van der Waals surface area contributed by atoms with Crippen LogP contribution in [0.4, 0.5) is 14.9 Å². The lowest BCUT2D eigenvalue weighted by Gasteiger charge is -2.32. The zero-order valence-electron chi connectivity index (χ0n) is 14.8. The van der Waals surface area contributed by atoms with Crippen molar-refractivity contribution in [3.05, 3.63) is 24.0 Å². The molecule has 134 valence electrons. The van der Waals surface area contributed by atoms with Gasteiger partial charge in [0.25, 0.3) is 0 Å². The maximum Gasteiger partial charge on any atom is 0.321 e. The second-order valence-electron chi connectivity index (χ2n) is 6.65. The molecule has 1 saturated heterocycles. The highest BCUT2D eigenvalue weighted by Crippen LogP contribution is 2.24. The highest BCUT2D eigenvalue weighted by Gasteiger charge is 2.23. The Morgan fingerprint density at radius 1 is 1.38 bits per heavy atom. The molecule has 1 aromatic carbocycles. The predicted molar refractivity (Wildman–Crippen MR) is 94.1 cm³/mol. The second-order valence-corrected chi connectivity index (χ2v) is 6.65. The Labute approximate surface area is 143 Å². The van der Waals surface area contributed by atoms with Crippen LogP contribution in [0.25, 0.3) is 0 Å². The van der Waals surface area contributed by atoms with Gasteiger partial charge in [-0.1, -0.05) is 0 Å². The van der Waals surface area contributed by atoms with Gasteiger partial charge in [0.15, 0.2) is 0 Å². The molecule has 2 rings (SSSR count). The molecule has 1 fully saturated rings. The van der Waals surface area contributed by atoms with Crippen LogP contribution in [0.1, 0.15) is 25.7 Å². The van der Waals surface area contributed by atoms with Crippen molar-refractivity contribution in [1.82, 2.24) is 9.80 Å². The number of ether oxygens (including phenoxy) is 1. The zero-order chi connectivity index (χ0) is 17.5. The van der Waals surface area contributed by atoms with E-state index in [4.69, 9.17) is 4.74 Å². The molecule has 0 atom stereocenters. The number of halogens is 1. The molecule has 1 aromatic rings. The summed E-state index contributed by atoms with van der Waals surface area (Å²) in [7, 11) is 5.69. The van der Waals surface area contributed by atoms with E-state index in [0.29, 0.717) is 11.7 Å². The highest BCUT2D eigenvalue weighted by atomic mass is 19.1. The largest absolute Gasteiger partial charge is 0.497 e. The Morgan fingerprint density at radius 2 is 2.08 bits per heavy atom. The average molecular weight is 337 g/mol. The SMILES string of the molecule is COc1ccc(F)c(NC(=O)N2CCC(CCCN(C)C)CC2)c1. The molecular formula is C18H28FN3O2. The van der Waals surface area contributed by atoms with Crippen molar-refractivity contribution in [1.29, 1.82) is 0 Å². The maximum absolute atomic E-state index is 13.8. The summed E-state index contributed by atoms with van der Waals surface area (Å²) in [5.41, 5.74) is 0.160. The summed E-state index contributed by atoms with van der Waals surface area (Å²) in [5, 5.41) is 2.65. The number of hydrogen-bond donors (Lipinski definition) is 1. The fourth-order valence-corrected chi connectivity index (χ4v) is 3.04. The number of piperidine rings is 1. The van der Waals surface area contributed by atoms with Gasteiger partial charge >= 0.3 is 6.03 Å². The molecular weight excluding hydrogens is 309 g/mol. The number of carbonyl (C=O) groups excluding carboxylic acids is 1. The summed E-state index contributed by atoms with van der Waals surface area (Å²) in [6.07, 6.45) is 4.43. The van der Waals surface area contributed by atoms with Crippen LogP contribution in [-0.4, -0.2) is 56.7 Å². The lowest BCUT2D eigenvalue weighted by atomic mass is 9.92. The monoisotopic (exact) mass is 337 g/mol. The molecule has 5 nitrogen and oxygen atoms in total. The molecule has 1 N–H and O–H groups in total. The van der Waals surface area contributed by atoms with Gasteiger partial charge in [-0.05, 0) is 64.4 Å². The number of likely N-dealkylation sites (tertiary alicyclic amines) is 1. The van der Waals surface area contributed by atoms with E-state index in [1.807, 2.05) is 0 Å². The first kappa shape index (κ1) is 18.5. The van der Waals surface area contributed by atoms with Crippen LogP contribution in [0.3, 0.4) is 0 Å². The fraction of sp³-hybridized carbons (Fsp3) is 0.611. The molecule has 1 aliphatic heterocycles. The second kappa shape index (κ2) is 8.87. The minimum absolute atomic E-state index is 0.160. The summed E-state index contributed by atoms with van der Waals surface area (Å²) >= 11 is 0. The number of nitrogens with zero attached hydrogens (tertiary/aromatic N) is 2. The third-order valence-corrected chi connectivity index (χ3v) is 4.53. The van der Waals surface area contributed by atoms with Gasteiger partial charge < -0.3 is 19.9 Å². The molecule has 0 unspecified atom stereocenters. The molecule has 0 bridgehead atoms. The number of hydrogen-bond acceptors (Lipinski definition) is 3. The van der Waals surface area contributed by atoms with E-state index >= 15 is 0 Å². The van der Waals surface area contributed by atoms with Crippen molar-refractivity contribution >= 4 is 11.7 Å². The summed E-state index contributed by atoms with van der Waals surface area (Å²) < 4.78 is 18.9. The molecule has 0 aromatic heterocycles. The van der Waals surface area contributed by atoms with E-state index in [1.54, 1.807) is 4.90 Å². The molecule has 0 saturated carbocycles. The molecule has 1 heterocycles. The van der Waals surface area contributed by atoms with Crippen LogP contribution in [0, 0.1) is 11.7 Å². The first-order chi connectivity index (χ1) is 11.5. The van der Waals surface area contributed by atoms with Gasteiger partial charge in [0.05, 0.1) is 12.8 Å². The summed E-state index contributed by atoms with van der Waals surface area (Å²) in [5.74, 6) is 0.747. The summed E-state index contributed by atoms with van der Waals surface area (Å²) in [6, 6.07) is 4.09. The lowest BCUT2D eigenvalue weighted by Crippen LogP contribution is -2.41. The van der Waals surface area contributed by atoms with Crippen molar-refractivity contribution in [2.75, 3.05) is 46.2 Å². The van der Waals surface area contributed by atoms with Crippen molar-refractivity contribution < 1.29 is 13.9 Å². The van der Waals surface area contributed by atoms with E-state index in [-0.39, 0.29) is 11.7 Å². The Kier molecular flexibility index (Phi) is 6.85. The number of benzene rings is 1. The van der Waals surface area contributed by atoms with Crippen molar-refractivity contribution in [3.8, 4) is 5.75 Å². The quantitative estimate of drug-likeness (QED) is 0.865. The van der Waals surface area contributed by atoms with E-state index in [9.17, 15) is 9.18 Å². The highest BCUT2D eigenvalue weighted by molar-refractivity contribution is 5.89. The number of urea groups is 1. The topological polar surface area (TPSA) is 44.8 Å². The third-order valence-electron chi connectivity index (χ3n) is 4.53. The van der Waals surface area contributed by atoms with Crippen LogP contribution in [-0.2, 0) is 0 Å². The normalized spacial score (nSPS) is 15.6. The van der Waals surface area contributed by atoms with E-state index in [1.165, 1.54) is 38.2 Å². The van der Waals surface area contributed by atoms with E-state index < -0.39 is 5.82 Å². The lowest BCUT2D eigenvalue weighted by molar-refractivity contribution is 0.178. The van der Waals surface area contributed by atoms with Crippen LogP contribution in [0.2, 0.25) is 0 Å². The number of carbonyl (C=O) groups is 1. The Morgan fingerprint density at radius 3 is 2.71 bits per heavy atom. The molecule has 0 aliphatic carbocycles. The molecule has 6 heteroatoms. The maximum atomic E-state index is 13.8. The third kappa shape index (κ3) is 5.37. The van der Waals surface area contributed by atoms with Gasteiger partial charge in [-0.3, -0.25) is 0 Å². The van der Waals surface area contributed by atoms with Gasteiger partial charge in [-0.2, -0.15) is 0 Å². The molecule has 0 radical (unpaired) electrons. The first-order valence-corrected chi connectivity index (χ1v) is 8.53. The zero-order valence-corrected chi connectivity index (χ0v) is 14.8. The fourth-order valence-electron chi connectivity index (χ4n) is 3.04. The van der Waals surface area contributed by atoms with Crippen LogP contribution in [0.15, 0.2) is 18.2 Å². The van der Waals surface area contributed by atoms with E-state index in [2.05, 4.69) is 24.3 Å². The molecule has 1 aliphatic rings. The summed E-state index contributed by atoms with van der Waals surface area (Å²) in [4.78, 5) is 16.3. The van der Waals surface area contributed by atoms with Crippen LogP contribution in [0.5, 0.6) is 5.75 Å². The number of methoxy groups -OCH3 is 1. The van der Waals surface area contributed by atoms with Gasteiger partial charge in [0.1, 0.15) is 11.6 Å². The number of rotatable bonds is 6. The molecule has 2 amide bonds. The van der Waals surface area contributed by atoms with Gasteiger partial charge in [-0.25, -0.2) is 9.18 Å². The smallest absolute Gasteiger partial charge is 0.321 e. The van der Waals surface area contributed by atoms with Gasteiger partial charge in [0.2, 0.25) is 0 Å². The Balaban J connectivity index is 1.80. The van der Waals surface area contributed by atoms with Crippen molar-refractivity contribution in [3.63, 3.8) is 0 Å². The molecule has 0 spiro atoms. The number of anilines is 1. The Hall–Kier alpha value is -1.82. The first-order valence-electron chi connectivity index (χ1n) is 8.53. The standard InChI is InChI=1S/C18H28FN3O2/c1-21(2)10-4-5-14-8-11-22(12-9-14)18(23)20-17-13-15(24-3)6-7-16(17)19/h6-7,13-14H,4-5,8-12H2,1-3H3,(H,20,23). The number of nitrogens with one attached hydrogen (secondary N) is 1. The van der Waals surface area contributed by atoms with Crippen molar-refractivity contribution in [2.45, 2.75) is 25.7 Å². The minimum atomic E-state index is -0.456. The average Bonchev–Trinajstić information content (AvgIpc) is 2.57. The van der Waals surface area contributed by atoms with E-state index in [0.717, 1.165) is 32.5 Å². The minimum Gasteiger partial charge on any atom is -0.497 e. The van der Waals surface area contributed by atoms with Crippen LogP contribution < -0.4 is 10.1 Å². The predicted octanol–water partition coefficient (Wildman–Crippen LogP) is 3.42. The van der Waals surface area contributed by atoms with Crippen LogP contribution >= 0.6 is 0 Å². The Bertz CT molecular complexity index is 543. The van der Waals surface area contributed by atoms with Gasteiger partial charge in [0, 0.05) is 19.2 Å². The van der Waals surface area contributed by atoms with Crippen molar-refractivity contribution in [2.24, 2.45) is 5.92 Å². The molecule has 24 heavy (non-hydrogen) atoms. The number of amides is 2. The summed E-state index contributed by atoms with van der Waals surface area (Å²) in [6.45, 7) is 2.56. The van der Waals surface area contributed by atoms with Gasteiger partial charge in [-0.15, -0.1) is 0 Å².